The molecule has 0 spiro atoms. The molecule has 1 unspecified atom stereocenters. The van der Waals surface area contributed by atoms with Crippen molar-refractivity contribution in [2.75, 3.05) is 26.2 Å². The average Bonchev–Trinajstić information content (AvgIpc) is 2.51. The van der Waals surface area contributed by atoms with Gasteiger partial charge < -0.3 is 0 Å². The number of hydrogen-bond donors (Lipinski definition) is 0. The summed E-state index contributed by atoms with van der Waals surface area (Å²) < 4.78 is 0. The van der Waals surface area contributed by atoms with Crippen molar-refractivity contribution >= 4 is 0 Å². The summed E-state index contributed by atoms with van der Waals surface area (Å²) in [7, 11) is 0. The van der Waals surface area contributed by atoms with Gasteiger partial charge in [-0.3, -0.25) is 9.80 Å². The van der Waals surface area contributed by atoms with Crippen molar-refractivity contribution < 1.29 is 0 Å². The highest BCUT2D eigenvalue weighted by atomic mass is 15.3. The van der Waals surface area contributed by atoms with Gasteiger partial charge in [0.15, 0.2) is 0 Å². The Morgan fingerprint density at radius 2 is 1.79 bits per heavy atom. The molecule has 1 fully saturated rings. The summed E-state index contributed by atoms with van der Waals surface area (Å²) in [4.78, 5) is 5.21. The summed E-state index contributed by atoms with van der Waals surface area (Å²) in [6.45, 7) is 16.5. The summed E-state index contributed by atoms with van der Waals surface area (Å²) in [6.07, 6.45) is 0. The highest BCUT2D eigenvalue weighted by molar-refractivity contribution is 4.89. The van der Waals surface area contributed by atoms with Crippen molar-refractivity contribution in [3.63, 3.8) is 0 Å². The molecule has 0 aromatic heterocycles. The summed E-state index contributed by atoms with van der Waals surface area (Å²) >= 11 is 0. The van der Waals surface area contributed by atoms with E-state index < -0.39 is 0 Å². The molecule has 2 atom stereocenters. The molecule has 2 nitrogen and oxygen atoms in total. The van der Waals surface area contributed by atoms with E-state index in [0.717, 1.165) is 12.0 Å². The maximum absolute atomic E-state index is 2.60. The Morgan fingerprint density at radius 3 is 2.14 bits per heavy atom. The van der Waals surface area contributed by atoms with Gasteiger partial charge in [0.2, 0.25) is 0 Å². The van der Waals surface area contributed by atoms with Crippen molar-refractivity contribution in [3.05, 3.63) is 0 Å². The molecule has 0 aromatic carbocycles. The third-order valence-corrected chi connectivity index (χ3v) is 3.61. The second kappa shape index (κ2) is 5.13. The van der Waals surface area contributed by atoms with Crippen molar-refractivity contribution in [1.82, 2.24) is 9.80 Å². The van der Waals surface area contributed by atoms with Crippen LogP contribution in [-0.4, -0.2) is 48.1 Å². The molecule has 14 heavy (non-hydrogen) atoms. The van der Waals surface area contributed by atoms with E-state index in [2.05, 4.69) is 44.4 Å². The van der Waals surface area contributed by atoms with E-state index in [1.54, 1.807) is 0 Å². The van der Waals surface area contributed by atoms with Crippen LogP contribution in [0.2, 0.25) is 0 Å². The molecule has 0 saturated carbocycles. The van der Waals surface area contributed by atoms with Gasteiger partial charge in [0.05, 0.1) is 0 Å². The van der Waals surface area contributed by atoms with Crippen LogP contribution in [0.1, 0.15) is 34.6 Å². The van der Waals surface area contributed by atoms with Gasteiger partial charge in [-0.15, -0.1) is 0 Å². The quantitative estimate of drug-likeness (QED) is 0.682. The summed E-state index contributed by atoms with van der Waals surface area (Å²) in [5, 5.41) is 0. The van der Waals surface area contributed by atoms with Crippen LogP contribution in [0.25, 0.3) is 0 Å². The van der Waals surface area contributed by atoms with Crippen LogP contribution in [0.15, 0.2) is 0 Å². The molecule has 0 N–H and O–H groups in total. The molecule has 2 heteroatoms. The minimum atomic E-state index is 0.706. The Kier molecular flexibility index (Phi) is 4.39. The van der Waals surface area contributed by atoms with E-state index in [1.807, 2.05) is 0 Å². The molecule has 0 bridgehead atoms. The number of hydrogen-bond acceptors (Lipinski definition) is 2. The summed E-state index contributed by atoms with van der Waals surface area (Å²) in [6, 6.07) is 1.49. The van der Waals surface area contributed by atoms with Crippen LogP contribution >= 0.6 is 0 Å². The Balaban J connectivity index is 2.55. The zero-order valence-corrected chi connectivity index (χ0v) is 10.5. The van der Waals surface area contributed by atoms with Crippen molar-refractivity contribution in [2.45, 2.75) is 46.7 Å². The summed E-state index contributed by atoms with van der Waals surface area (Å²) in [5.41, 5.74) is 0. The van der Waals surface area contributed by atoms with E-state index in [4.69, 9.17) is 0 Å². The van der Waals surface area contributed by atoms with Crippen LogP contribution in [0.5, 0.6) is 0 Å². The van der Waals surface area contributed by atoms with Crippen LogP contribution in [0, 0.1) is 5.92 Å². The predicted molar refractivity (Wildman–Crippen MR) is 62.6 cm³/mol. The molecule has 0 amide bonds. The Labute approximate surface area is 89.3 Å². The third-order valence-electron chi connectivity index (χ3n) is 3.61. The molecule has 1 saturated heterocycles. The SMILES string of the molecule is CCN(CC)[C@H]1CN(C(C)C)CC1C. The zero-order chi connectivity index (χ0) is 10.7. The largest absolute Gasteiger partial charge is 0.299 e. The van der Waals surface area contributed by atoms with Gasteiger partial charge in [-0.25, -0.2) is 0 Å². The highest BCUT2D eigenvalue weighted by Gasteiger charge is 2.33. The van der Waals surface area contributed by atoms with Gasteiger partial charge in [-0.05, 0) is 32.9 Å². The summed E-state index contributed by atoms with van der Waals surface area (Å²) in [5.74, 6) is 0.831. The average molecular weight is 198 g/mol. The Morgan fingerprint density at radius 1 is 1.21 bits per heavy atom. The first-order chi connectivity index (χ1) is 6.60. The van der Waals surface area contributed by atoms with Gasteiger partial charge in [0.1, 0.15) is 0 Å². The minimum Gasteiger partial charge on any atom is -0.299 e. The molecule has 1 rings (SSSR count). The van der Waals surface area contributed by atoms with E-state index in [9.17, 15) is 0 Å². The van der Waals surface area contributed by atoms with E-state index >= 15 is 0 Å². The smallest absolute Gasteiger partial charge is 0.0260 e. The lowest BCUT2D eigenvalue weighted by atomic mass is 10.1. The van der Waals surface area contributed by atoms with Gasteiger partial charge >= 0.3 is 0 Å². The van der Waals surface area contributed by atoms with Crippen molar-refractivity contribution in [2.24, 2.45) is 5.92 Å². The van der Waals surface area contributed by atoms with Gasteiger partial charge in [0.25, 0.3) is 0 Å². The van der Waals surface area contributed by atoms with Crippen LogP contribution in [0.3, 0.4) is 0 Å². The number of likely N-dealkylation sites (tertiary alicyclic amines) is 1. The second-order valence-electron chi connectivity index (χ2n) is 4.81. The molecule has 0 aliphatic carbocycles. The Bertz CT molecular complexity index is 164. The Hall–Kier alpha value is -0.0800. The lowest BCUT2D eigenvalue weighted by Crippen LogP contribution is -2.40. The van der Waals surface area contributed by atoms with Gasteiger partial charge in [-0.2, -0.15) is 0 Å². The lowest BCUT2D eigenvalue weighted by molar-refractivity contribution is 0.183. The zero-order valence-electron chi connectivity index (χ0n) is 10.5. The fourth-order valence-electron chi connectivity index (χ4n) is 2.58. The maximum atomic E-state index is 2.60. The monoisotopic (exact) mass is 198 g/mol. The lowest BCUT2D eigenvalue weighted by Gasteiger charge is -2.29. The van der Waals surface area contributed by atoms with E-state index in [-0.39, 0.29) is 0 Å². The second-order valence-corrected chi connectivity index (χ2v) is 4.81. The van der Waals surface area contributed by atoms with Crippen LogP contribution < -0.4 is 0 Å². The molecule has 84 valence electrons. The molecular weight excluding hydrogens is 172 g/mol. The number of nitrogens with zero attached hydrogens (tertiary/aromatic N) is 2. The first-order valence-corrected chi connectivity index (χ1v) is 6.08. The van der Waals surface area contributed by atoms with Gasteiger partial charge in [0, 0.05) is 25.2 Å². The fourth-order valence-corrected chi connectivity index (χ4v) is 2.58. The minimum absolute atomic E-state index is 0.706. The first kappa shape index (κ1) is 12.0. The topological polar surface area (TPSA) is 6.48 Å². The van der Waals surface area contributed by atoms with E-state index in [1.165, 1.54) is 26.2 Å². The van der Waals surface area contributed by atoms with Crippen molar-refractivity contribution in [3.8, 4) is 0 Å². The van der Waals surface area contributed by atoms with E-state index in [0.29, 0.717) is 6.04 Å². The number of likely N-dealkylation sites (N-methyl/N-ethyl adjacent to an activating group) is 1. The fraction of sp³-hybridized carbons (Fsp3) is 1.00. The molecule has 0 radical (unpaired) electrons. The standard InChI is InChI=1S/C12H26N2/c1-6-13(7-2)12-9-14(10(3)4)8-11(12)5/h10-12H,6-9H2,1-5H3/t11?,12-/m0/s1. The third kappa shape index (κ3) is 2.48. The normalized spacial score (nSPS) is 29.4. The highest BCUT2D eigenvalue weighted by Crippen LogP contribution is 2.23. The maximum Gasteiger partial charge on any atom is 0.0260 e. The number of rotatable bonds is 4. The first-order valence-electron chi connectivity index (χ1n) is 6.08. The molecule has 1 aliphatic rings. The molecule has 1 aliphatic heterocycles. The molecular formula is C12H26N2. The van der Waals surface area contributed by atoms with Gasteiger partial charge in [-0.1, -0.05) is 20.8 Å². The molecule has 1 heterocycles. The van der Waals surface area contributed by atoms with Crippen LogP contribution in [-0.2, 0) is 0 Å². The predicted octanol–water partition coefficient (Wildman–Crippen LogP) is 2.06. The molecule has 0 aromatic rings. The van der Waals surface area contributed by atoms with Crippen LogP contribution in [0.4, 0.5) is 0 Å². The van der Waals surface area contributed by atoms with Crippen molar-refractivity contribution in [1.29, 1.82) is 0 Å².